The number of aryl methyl sites for hydroxylation is 1. The van der Waals surface area contributed by atoms with Crippen LogP contribution < -0.4 is 9.54 Å². The molecule has 1 aromatic heterocycles. The average molecular weight is 403 g/mol. The average Bonchev–Trinajstić information content (AvgIpc) is 3.01. The highest BCUT2D eigenvalue weighted by Gasteiger charge is 2.09. The maximum atomic E-state index is 12.6. The molecule has 142 valence electrons. The number of carbonyl (C=O) groups excluding carboxylic acids is 1. The van der Waals surface area contributed by atoms with Crippen molar-refractivity contribution in [1.29, 1.82) is 0 Å². The zero-order valence-electron chi connectivity index (χ0n) is 15.6. The lowest BCUT2D eigenvalue weighted by Gasteiger charge is -2.05. The minimum absolute atomic E-state index is 0.257. The Morgan fingerprint density at radius 1 is 1.15 bits per heavy atom. The van der Waals surface area contributed by atoms with E-state index in [0.717, 1.165) is 35.4 Å². The predicted octanol–water partition coefficient (Wildman–Crippen LogP) is 5.69. The molecule has 0 saturated carbocycles. The number of ether oxygens (including phenoxy) is 1. The van der Waals surface area contributed by atoms with Gasteiger partial charge in [0.1, 0.15) is 5.75 Å². The first-order valence-corrected chi connectivity index (χ1v) is 10.4. The van der Waals surface area contributed by atoms with E-state index in [1.807, 2.05) is 41.8 Å². The minimum Gasteiger partial charge on any atom is -0.494 e. The highest BCUT2D eigenvalue weighted by atomic mass is 35.5. The number of nitrogens with zero attached hydrogens (tertiary/aromatic N) is 2. The third kappa shape index (κ3) is 4.79. The monoisotopic (exact) mass is 402 g/mol. The van der Waals surface area contributed by atoms with Crippen molar-refractivity contribution in [1.82, 2.24) is 4.57 Å². The van der Waals surface area contributed by atoms with Crippen LogP contribution in [0.4, 0.5) is 0 Å². The molecule has 1 amide bonds. The quantitative estimate of drug-likeness (QED) is 0.476. The molecule has 0 spiro atoms. The van der Waals surface area contributed by atoms with E-state index in [2.05, 4.69) is 11.9 Å². The summed E-state index contributed by atoms with van der Waals surface area (Å²) in [5.74, 6) is 0.523. The van der Waals surface area contributed by atoms with Gasteiger partial charge >= 0.3 is 0 Å². The lowest BCUT2D eigenvalue weighted by molar-refractivity contribution is 0.0998. The van der Waals surface area contributed by atoms with Crippen molar-refractivity contribution in [3.05, 3.63) is 57.9 Å². The Bertz CT molecular complexity index is 990. The number of hydrogen-bond donors (Lipinski definition) is 0. The van der Waals surface area contributed by atoms with E-state index in [0.29, 0.717) is 22.0 Å². The molecule has 1 heterocycles. The van der Waals surface area contributed by atoms with Crippen LogP contribution in [0.25, 0.3) is 10.2 Å². The van der Waals surface area contributed by atoms with Crippen molar-refractivity contribution in [2.45, 2.75) is 39.7 Å². The van der Waals surface area contributed by atoms with Gasteiger partial charge in [-0.05, 0) is 55.8 Å². The molecule has 0 bridgehead atoms. The number of hydrogen-bond acceptors (Lipinski definition) is 3. The van der Waals surface area contributed by atoms with Gasteiger partial charge in [0.2, 0.25) is 0 Å². The summed E-state index contributed by atoms with van der Waals surface area (Å²) in [7, 11) is 0. The fraction of sp³-hybridized carbons (Fsp3) is 0.333. The third-order valence-corrected chi connectivity index (χ3v) is 5.55. The van der Waals surface area contributed by atoms with Crippen molar-refractivity contribution >= 4 is 39.1 Å². The predicted molar refractivity (Wildman–Crippen MR) is 112 cm³/mol. The number of thiazole rings is 1. The summed E-state index contributed by atoms with van der Waals surface area (Å²) >= 11 is 7.55. The van der Waals surface area contributed by atoms with Crippen LogP contribution in [-0.2, 0) is 6.54 Å². The van der Waals surface area contributed by atoms with E-state index in [4.69, 9.17) is 16.3 Å². The van der Waals surface area contributed by atoms with Crippen molar-refractivity contribution in [2.75, 3.05) is 6.61 Å². The van der Waals surface area contributed by atoms with Gasteiger partial charge < -0.3 is 9.30 Å². The van der Waals surface area contributed by atoms with Crippen LogP contribution in [-0.4, -0.2) is 17.1 Å². The SMILES string of the molecule is CCCCCOc1ccc(C(=O)N=c2sc3cc(Cl)ccc3n2CC)cc1. The molecule has 4 nitrogen and oxygen atoms in total. The van der Waals surface area contributed by atoms with Crippen LogP contribution in [0, 0.1) is 0 Å². The lowest BCUT2D eigenvalue weighted by atomic mass is 10.2. The van der Waals surface area contributed by atoms with Crippen LogP contribution in [0.15, 0.2) is 47.5 Å². The first kappa shape index (κ1) is 19.6. The first-order valence-electron chi connectivity index (χ1n) is 9.23. The number of halogens is 1. The van der Waals surface area contributed by atoms with E-state index < -0.39 is 0 Å². The van der Waals surface area contributed by atoms with Crippen LogP contribution in [0.2, 0.25) is 5.02 Å². The summed E-state index contributed by atoms with van der Waals surface area (Å²) in [6, 6.07) is 12.9. The standard InChI is InChI=1S/C21H23ClN2O2S/c1-3-5-6-13-26-17-10-7-15(8-11-17)20(25)23-21-24(4-2)18-12-9-16(22)14-19(18)27-21/h7-12,14H,3-6,13H2,1-2H3. The number of rotatable bonds is 7. The zero-order valence-corrected chi connectivity index (χ0v) is 17.1. The van der Waals surface area contributed by atoms with Crippen LogP contribution in [0.1, 0.15) is 43.5 Å². The van der Waals surface area contributed by atoms with Crippen molar-refractivity contribution in [3.8, 4) is 5.75 Å². The molecule has 3 aromatic rings. The Balaban J connectivity index is 1.81. The van der Waals surface area contributed by atoms with Gasteiger partial charge in [0.25, 0.3) is 5.91 Å². The largest absolute Gasteiger partial charge is 0.494 e. The molecule has 3 rings (SSSR count). The molecule has 0 aliphatic heterocycles. The van der Waals surface area contributed by atoms with Crippen LogP contribution in [0.3, 0.4) is 0 Å². The summed E-state index contributed by atoms with van der Waals surface area (Å²) in [6.07, 6.45) is 3.37. The Labute approximate surface area is 168 Å². The summed E-state index contributed by atoms with van der Waals surface area (Å²) < 4.78 is 8.74. The maximum Gasteiger partial charge on any atom is 0.279 e. The molecule has 0 saturated heterocycles. The number of benzene rings is 2. The smallest absolute Gasteiger partial charge is 0.279 e. The number of aromatic nitrogens is 1. The molecule has 0 fully saturated rings. The molecule has 0 aliphatic carbocycles. The van der Waals surface area contributed by atoms with Crippen molar-refractivity contribution in [3.63, 3.8) is 0 Å². The molecule has 27 heavy (non-hydrogen) atoms. The fourth-order valence-corrected chi connectivity index (χ4v) is 4.19. The highest BCUT2D eigenvalue weighted by molar-refractivity contribution is 7.16. The zero-order chi connectivity index (χ0) is 19.2. The number of unbranched alkanes of at least 4 members (excludes halogenated alkanes) is 2. The van der Waals surface area contributed by atoms with Gasteiger partial charge in [0.05, 0.1) is 16.8 Å². The van der Waals surface area contributed by atoms with E-state index >= 15 is 0 Å². The molecule has 0 N–H and O–H groups in total. The molecule has 2 aromatic carbocycles. The number of amides is 1. The van der Waals surface area contributed by atoms with Crippen LogP contribution in [0.5, 0.6) is 5.75 Å². The summed E-state index contributed by atoms with van der Waals surface area (Å²) in [6.45, 7) is 5.64. The Hall–Kier alpha value is -2.11. The molecular weight excluding hydrogens is 380 g/mol. The Morgan fingerprint density at radius 3 is 2.63 bits per heavy atom. The number of carbonyl (C=O) groups is 1. The minimum atomic E-state index is -0.257. The van der Waals surface area contributed by atoms with Gasteiger partial charge in [-0.15, -0.1) is 0 Å². The van der Waals surface area contributed by atoms with Gasteiger partial charge in [-0.1, -0.05) is 42.7 Å². The second-order valence-electron chi connectivity index (χ2n) is 6.24. The molecule has 0 atom stereocenters. The number of fused-ring (bicyclic) bond motifs is 1. The first-order chi connectivity index (χ1) is 13.1. The summed E-state index contributed by atoms with van der Waals surface area (Å²) in [5, 5.41) is 0.680. The van der Waals surface area contributed by atoms with E-state index in [1.54, 1.807) is 12.1 Å². The summed E-state index contributed by atoms with van der Waals surface area (Å²) in [5.41, 5.74) is 1.59. The van der Waals surface area contributed by atoms with E-state index in [9.17, 15) is 4.79 Å². The molecule has 0 unspecified atom stereocenters. The fourth-order valence-electron chi connectivity index (χ4n) is 2.83. The summed E-state index contributed by atoms with van der Waals surface area (Å²) in [4.78, 5) is 17.6. The van der Waals surface area contributed by atoms with Gasteiger partial charge in [-0.25, -0.2) is 0 Å². The van der Waals surface area contributed by atoms with Gasteiger partial charge in [0, 0.05) is 17.1 Å². The lowest BCUT2D eigenvalue weighted by Crippen LogP contribution is -2.15. The molecule has 6 heteroatoms. The topological polar surface area (TPSA) is 43.6 Å². The Morgan fingerprint density at radius 2 is 1.93 bits per heavy atom. The van der Waals surface area contributed by atoms with Crippen molar-refractivity contribution in [2.24, 2.45) is 4.99 Å². The molecule has 0 radical (unpaired) electrons. The highest BCUT2D eigenvalue weighted by Crippen LogP contribution is 2.22. The van der Waals surface area contributed by atoms with E-state index in [-0.39, 0.29) is 5.91 Å². The maximum absolute atomic E-state index is 12.6. The van der Waals surface area contributed by atoms with Gasteiger partial charge in [0.15, 0.2) is 4.80 Å². The van der Waals surface area contributed by atoms with Crippen molar-refractivity contribution < 1.29 is 9.53 Å². The van der Waals surface area contributed by atoms with Crippen LogP contribution >= 0.6 is 22.9 Å². The second kappa shape index (κ2) is 9.20. The second-order valence-corrected chi connectivity index (χ2v) is 7.68. The molecule has 0 aliphatic rings. The van der Waals surface area contributed by atoms with Gasteiger partial charge in [-0.3, -0.25) is 4.79 Å². The normalized spacial score (nSPS) is 11.9. The van der Waals surface area contributed by atoms with Gasteiger partial charge in [-0.2, -0.15) is 4.99 Å². The third-order valence-electron chi connectivity index (χ3n) is 4.28. The Kier molecular flexibility index (Phi) is 6.69. The molecular formula is C21H23ClN2O2S. The van der Waals surface area contributed by atoms with E-state index in [1.165, 1.54) is 17.8 Å².